The SMILES string of the molecule is CCNC(=NCc1ccon1)NC1CC1C. The Hall–Kier alpha value is -1.52. The van der Waals surface area contributed by atoms with Crippen LogP contribution in [0, 0.1) is 5.92 Å². The first-order valence-electron chi connectivity index (χ1n) is 5.73. The predicted octanol–water partition coefficient (Wildman–Crippen LogP) is 1.14. The molecule has 0 radical (unpaired) electrons. The second kappa shape index (κ2) is 5.01. The largest absolute Gasteiger partial charge is 0.364 e. The molecule has 88 valence electrons. The van der Waals surface area contributed by atoms with Crippen molar-refractivity contribution in [1.82, 2.24) is 15.8 Å². The molecular weight excluding hydrogens is 204 g/mol. The number of hydrogen-bond acceptors (Lipinski definition) is 3. The molecule has 0 bridgehead atoms. The molecule has 0 aliphatic heterocycles. The highest BCUT2D eigenvalue weighted by Crippen LogP contribution is 2.28. The van der Waals surface area contributed by atoms with Gasteiger partial charge in [-0.3, -0.25) is 0 Å². The number of nitrogens with one attached hydrogen (secondary N) is 2. The van der Waals surface area contributed by atoms with Crippen molar-refractivity contribution in [2.75, 3.05) is 6.54 Å². The standard InChI is InChI=1S/C11H18N4O/c1-3-12-11(14-10-6-8(10)2)13-7-9-4-5-16-15-9/h4-5,8,10H,3,6-7H2,1-2H3,(H2,12,13,14). The van der Waals surface area contributed by atoms with Gasteiger partial charge in [-0.2, -0.15) is 0 Å². The maximum atomic E-state index is 4.76. The molecule has 1 aromatic heterocycles. The Morgan fingerprint density at radius 2 is 2.50 bits per heavy atom. The molecule has 0 aromatic carbocycles. The fraction of sp³-hybridized carbons (Fsp3) is 0.636. The molecule has 2 atom stereocenters. The van der Waals surface area contributed by atoms with Crippen molar-refractivity contribution in [3.05, 3.63) is 18.0 Å². The van der Waals surface area contributed by atoms with E-state index in [1.54, 1.807) is 6.26 Å². The van der Waals surface area contributed by atoms with Crippen LogP contribution in [0.3, 0.4) is 0 Å². The maximum Gasteiger partial charge on any atom is 0.191 e. The van der Waals surface area contributed by atoms with Crippen molar-refractivity contribution in [2.45, 2.75) is 32.9 Å². The lowest BCUT2D eigenvalue weighted by Crippen LogP contribution is -2.39. The van der Waals surface area contributed by atoms with Crippen molar-refractivity contribution >= 4 is 5.96 Å². The molecule has 0 saturated heterocycles. The molecule has 1 aliphatic rings. The van der Waals surface area contributed by atoms with Gasteiger partial charge in [0.15, 0.2) is 5.96 Å². The average molecular weight is 222 g/mol. The fourth-order valence-corrected chi connectivity index (χ4v) is 1.50. The van der Waals surface area contributed by atoms with Gasteiger partial charge in [0.05, 0.1) is 6.54 Å². The van der Waals surface area contributed by atoms with Crippen LogP contribution in [-0.2, 0) is 6.54 Å². The minimum atomic E-state index is 0.549. The summed E-state index contributed by atoms with van der Waals surface area (Å²) in [6, 6.07) is 2.41. The number of guanidine groups is 1. The summed E-state index contributed by atoms with van der Waals surface area (Å²) in [5.74, 6) is 1.62. The summed E-state index contributed by atoms with van der Waals surface area (Å²) < 4.78 is 4.76. The van der Waals surface area contributed by atoms with E-state index in [0.29, 0.717) is 12.6 Å². The molecule has 2 N–H and O–H groups in total. The third kappa shape index (κ3) is 2.98. The molecule has 2 unspecified atom stereocenters. The third-order valence-electron chi connectivity index (χ3n) is 2.67. The highest BCUT2D eigenvalue weighted by Gasteiger charge is 2.33. The summed E-state index contributed by atoms with van der Waals surface area (Å²) in [5, 5.41) is 10.4. The second-order valence-corrected chi connectivity index (χ2v) is 4.15. The van der Waals surface area contributed by atoms with E-state index in [9.17, 15) is 0 Å². The molecule has 1 aromatic rings. The molecule has 5 nitrogen and oxygen atoms in total. The van der Waals surface area contributed by atoms with Crippen LogP contribution in [0.1, 0.15) is 26.0 Å². The molecule has 16 heavy (non-hydrogen) atoms. The van der Waals surface area contributed by atoms with Crippen molar-refractivity contribution in [3.8, 4) is 0 Å². The third-order valence-corrected chi connectivity index (χ3v) is 2.67. The van der Waals surface area contributed by atoms with Crippen LogP contribution in [0.25, 0.3) is 0 Å². The van der Waals surface area contributed by atoms with Crippen LogP contribution >= 0.6 is 0 Å². The zero-order chi connectivity index (χ0) is 11.4. The zero-order valence-corrected chi connectivity index (χ0v) is 9.73. The number of aromatic nitrogens is 1. The average Bonchev–Trinajstić information content (AvgIpc) is 2.80. The topological polar surface area (TPSA) is 62.5 Å². The molecule has 5 heteroatoms. The molecule has 1 heterocycles. The van der Waals surface area contributed by atoms with E-state index in [0.717, 1.165) is 24.1 Å². The van der Waals surface area contributed by atoms with Crippen LogP contribution in [0.2, 0.25) is 0 Å². The van der Waals surface area contributed by atoms with Crippen molar-refractivity contribution < 1.29 is 4.52 Å². The van der Waals surface area contributed by atoms with Gasteiger partial charge in [-0.15, -0.1) is 0 Å². The number of hydrogen-bond donors (Lipinski definition) is 2. The minimum Gasteiger partial charge on any atom is -0.364 e. The smallest absolute Gasteiger partial charge is 0.191 e. The summed E-state index contributed by atoms with van der Waals surface area (Å²) in [4.78, 5) is 4.44. The van der Waals surface area contributed by atoms with Gasteiger partial charge in [0.1, 0.15) is 12.0 Å². The normalized spacial score (nSPS) is 24.2. The lowest BCUT2D eigenvalue weighted by Gasteiger charge is -2.09. The Morgan fingerprint density at radius 1 is 1.69 bits per heavy atom. The van der Waals surface area contributed by atoms with Crippen molar-refractivity contribution in [1.29, 1.82) is 0 Å². The Balaban J connectivity index is 1.87. The van der Waals surface area contributed by atoms with Gasteiger partial charge < -0.3 is 15.2 Å². The molecule has 1 aliphatic carbocycles. The monoisotopic (exact) mass is 222 g/mol. The fourth-order valence-electron chi connectivity index (χ4n) is 1.50. The molecular formula is C11H18N4O. The Morgan fingerprint density at radius 3 is 3.06 bits per heavy atom. The second-order valence-electron chi connectivity index (χ2n) is 4.15. The Kier molecular flexibility index (Phi) is 3.44. The summed E-state index contributed by atoms with van der Waals surface area (Å²) in [6.07, 6.45) is 2.79. The number of aliphatic imine (C=N–C) groups is 1. The van der Waals surface area contributed by atoms with Crippen LogP contribution in [0.5, 0.6) is 0 Å². The van der Waals surface area contributed by atoms with Gasteiger partial charge in [-0.05, 0) is 19.3 Å². The highest BCUT2D eigenvalue weighted by atomic mass is 16.5. The minimum absolute atomic E-state index is 0.549. The highest BCUT2D eigenvalue weighted by molar-refractivity contribution is 5.80. The van der Waals surface area contributed by atoms with E-state index in [2.05, 4.69) is 34.6 Å². The van der Waals surface area contributed by atoms with Crippen molar-refractivity contribution in [2.24, 2.45) is 10.9 Å². The van der Waals surface area contributed by atoms with Crippen LogP contribution in [0.4, 0.5) is 0 Å². The van der Waals surface area contributed by atoms with E-state index < -0.39 is 0 Å². The van der Waals surface area contributed by atoms with E-state index in [-0.39, 0.29) is 0 Å². The lowest BCUT2D eigenvalue weighted by molar-refractivity contribution is 0.412. The number of nitrogens with zero attached hydrogens (tertiary/aromatic N) is 2. The molecule has 1 saturated carbocycles. The number of rotatable bonds is 4. The van der Waals surface area contributed by atoms with Gasteiger partial charge in [-0.1, -0.05) is 12.1 Å². The quantitative estimate of drug-likeness (QED) is 0.592. The summed E-state index contributed by atoms with van der Waals surface area (Å²) in [7, 11) is 0. The van der Waals surface area contributed by atoms with E-state index >= 15 is 0 Å². The lowest BCUT2D eigenvalue weighted by atomic mass is 10.4. The molecule has 2 rings (SSSR count). The van der Waals surface area contributed by atoms with Gasteiger partial charge in [0.25, 0.3) is 0 Å². The Bertz CT molecular complexity index is 347. The molecule has 0 amide bonds. The summed E-state index contributed by atoms with van der Waals surface area (Å²) in [5.41, 5.74) is 0.848. The Labute approximate surface area is 95.3 Å². The first-order valence-corrected chi connectivity index (χ1v) is 5.73. The first-order chi connectivity index (χ1) is 7.79. The predicted molar refractivity (Wildman–Crippen MR) is 62.0 cm³/mol. The zero-order valence-electron chi connectivity index (χ0n) is 9.73. The van der Waals surface area contributed by atoms with Gasteiger partial charge in [0, 0.05) is 18.7 Å². The van der Waals surface area contributed by atoms with Gasteiger partial charge >= 0.3 is 0 Å². The molecule has 1 fully saturated rings. The molecule has 0 spiro atoms. The summed E-state index contributed by atoms with van der Waals surface area (Å²) >= 11 is 0. The first kappa shape index (κ1) is 11.0. The van der Waals surface area contributed by atoms with Gasteiger partial charge in [-0.25, -0.2) is 4.99 Å². The van der Waals surface area contributed by atoms with Crippen LogP contribution in [-0.4, -0.2) is 23.7 Å². The van der Waals surface area contributed by atoms with E-state index in [4.69, 9.17) is 4.52 Å². The summed E-state index contributed by atoms with van der Waals surface area (Å²) in [6.45, 7) is 5.71. The maximum absolute atomic E-state index is 4.76. The van der Waals surface area contributed by atoms with E-state index in [1.807, 2.05) is 6.07 Å². The van der Waals surface area contributed by atoms with Gasteiger partial charge in [0.2, 0.25) is 0 Å². The van der Waals surface area contributed by atoms with Crippen molar-refractivity contribution in [3.63, 3.8) is 0 Å². The van der Waals surface area contributed by atoms with E-state index in [1.165, 1.54) is 6.42 Å². The van der Waals surface area contributed by atoms with Crippen LogP contribution in [0.15, 0.2) is 21.8 Å². The van der Waals surface area contributed by atoms with Crippen LogP contribution < -0.4 is 10.6 Å².